The number of nitrogens with zero attached hydrogens (tertiary/aromatic N) is 1. The van der Waals surface area contributed by atoms with Crippen molar-refractivity contribution in [3.8, 4) is 0 Å². The molecule has 0 unspecified atom stereocenters. The third-order valence-electron chi connectivity index (χ3n) is 3.10. The van der Waals surface area contributed by atoms with Crippen LogP contribution in [0.5, 0.6) is 0 Å². The molecule has 1 atom stereocenters. The van der Waals surface area contributed by atoms with Crippen LogP contribution in [0.2, 0.25) is 5.02 Å². The summed E-state index contributed by atoms with van der Waals surface area (Å²) in [7, 11) is 0. The monoisotopic (exact) mass is 351 g/mol. The van der Waals surface area contributed by atoms with E-state index in [1.165, 1.54) is 11.3 Å². The molecule has 0 saturated carbocycles. The molecule has 0 aliphatic heterocycles. The number of hydrogen-bond donors (Lipinski definition) is 2. The zero-order chi connectivity index (χ0) is 16.8. The molecule has 122 valence electrons. The fraction of sp³-hybridized carbons (Fsp3) is 0.312. The number of thiazole rings is 1. The molecule has 0 aliphatic rings. The Morgan fingerprint density at radius 2 is 1.96 bits per heavy atom. The van der Waals surface area contributed by atoms with Crippen LogP contribution in [-0.4, -0.2) is 22.8 Å². The van der Waals surface area contributed by atoms with E-state index in [1.54, 1.807) is 35.8 Å². The van der Waals surface area contributed by atoms with Gasteiger partial charge in [-0.25, -0.2) is 4.98 Å². The summed E-state index contributed by atoms with van der Waals surface area (Å²) in [5, 5.41) is 8.36. The predicted octanol–water partition coefficient (Wildman–Crippen LogP) is 3.58. The molecule has 0 radical (unpaired) electrons. The molecule has 7 heteroatoms. The minimum absolute atomic E-state index is 0.257. The number of carbonyl (C=O) groups is 2. The number of halogens is 1. The number of rotatable bonds is 6. The zero-order valence-electron chi connectivity index (χ0n) is 12.9. The van der Waals surface area contributed by atoms with Crippen LogP contribution in [-0.2, 0) is 4.79 Å². The largest absolute Gasteiger partial charge is 0.340 e. The van der Waals surface area contributed by atoms with Crippen LogP contribution < -0.4 is 10.6 Å². The third kappa shape index (κ3) is 5.33. The van der Waals surface area contributed by atoms with Gasteiger partial charge in [-0.15, -0.1) is 11.3 Å². The number of nitrogens with one attached hydrogen (secondary N) is 2. The first-order chi connectivity index (χ1) is 11.0. The number of carbonyl (C=O) groups excluding carboxylic acids is 2. The molecule has 2 aromatic rings. The standard InChI is InChI=1S/C16H18ClN3O2S/c1-10(2)9-13(15(22)20-16-18-7-8-23-16)19-14(21)11-3-5-12(17)6-4-11/h3-8,10,13H,9H2,1-2H3,(H,19,21)(H,18,20,22)/t13-/m0/s1. The topological polar surface area (TPSA) is 71.1 Å². The van der Waals surface area contributed by atoms with Crippen LogP contribution in [0.25, 0.3) is 0 Å². The van der Waals surface area contributed by atoms with Crippen molar-refractivity contribution in [1.29, 1.82) is 0 Å². The van der Waals surface area contributed by atoms with Gasteiger partial charge in [0, 0.05) is 22.2 Å². The summed E-state index contributed by atoms with van der Waals surface area (Å²) in [5.74, 6) is -0.315. The van der Waals surface area contributed by atoms with Crippen molar-refractivity contribution in [2.24, 2.45) is 5.92 Å². The first-order valence-corrected chi connectivity index (χ1v) is 8.48. The lowest BCUT2D eigenvalue weighted by molar-refractivity contribution is -0.118. The molecule has 1 aromatic heterocycles. The molecule has 2 amide bonds. The molecule has 0 fully saturated rings. The number of hydrogen-bond acceptors (Lipinski definition) is 4. The Labute approximate surface area is 144 Å². The Morgan fingerprint density at radius 3 is 2.52 bits per heavy atom. The van der Waals surface area contributed by atoms with Gasteiger partial charge in [-0.3, -0.25) is 9.59 Å². The minimum Gasteiger partial charge on any atom is -0.340 e. The Balaban J connectivity index is 2.06. The predicted molar refractivity (Wildman–Crippen MR) is 92.9 cm³/mol. The SMILES string of the molecule is CC(C)C[C@H](NC(=O)c1ccc(Cl)cc1)C(=O)Nc1nccs1. The van der Waals surface area contributed by atoms with Gasteiger partial charge in [0.25, 0.3) is 5.91 Å². The smallest absolute Gasteiger partial charge is 0.251 e. The molecular formula is C16H18ClN3O2S. The number of aromatic nitrogens is 1. The van der Waals surface area contributed by atoms with Crippen molar-refractivity contribution >= 4 is 39.9 Å². The minimum atomic E-state index is -0.623. The summed E-state index contributed by atoms with van der Waals surface area (Å²) in [6, 6.07) is 5.92. The number of benzene rings is 1. The summed E-state index contributed by atoms with van der Waals surface area (Å²) in [5.41, 5.74) is 0.463. The number of amides is 2. The van der Waals surface area contributed by atoms with Crippen molar-refractivity contribution in [3.63, 3.8) is 0 Å². The van der Waals surface area contributed by atoms with E-state index in [2.05, 4.69) is 15.6 Å². The second kappa shape index (κ2) is 8.08. The van der Waals surface area contributed by atoms with Crippen LogP contribution in [0.1, 0.15) is 30.6 Å². The third-order valence-corrected chi connectivity index (χ3v) is 4.04. The van der Waals surface area contributed by atoms with Crippen molar-refractivity contribution in [3.05, 3.63) is 46.4 Å². The molecule has 0 bridgehead atoms. The summed E-state index contributed by atoms with van der Waals surface area (Å²) in [6.07, 6.45) is 2.15. The second-order valence-corrected chi connectivity index (χ2v) is 6.82. The van der Waals surface area contributed by atoms with Gasteiger partial charge >= 0.3 is 0 Å². The Hall–Kier alpha value is -1.92. The Kier molecular flexibility index (Phi) is 6.12. The van der Waals surface area contributed by atoms with Crippen LogP contribution in [0.4, 0.5) is 5.13 Å². The summed E-state index contributed by atoms with van der Waals surface area (Å²) < 4.78 is 0. The molecule has 1 heterocycles. The fourth-order valence-electron chi connectivity index (χ4n) is 2.02. The van der Waals surface area contributed by atoms with E-state index in [0.717, 1.165) is 0 Å². The van der Waals surface area contributed by atoms with E-state index < -0.39 is 6.04 Å². The molecule has 5 nitrogen and oxygen atoms in total. The van der Waals surface area contributed by atoms with Crippen LogP contribution in [0.3, 0.4) is 0 Å². The van der Waals surface area contributed by atoms with Gasteiger partial charge in [0.05, 0.1) is 0 Å². The maximum Gasteiger partial charge on any atom is 0.251 e. The first kappa shape index (κ1) is 17.4. The van der Waals surface area contributed by atoms with E-state index in [0.29, 0.717) is 22.1 Å². The summed E-state index contributed by atoms with van der Waals surface area (Å²) in [4.78, 5) is 28.7. The van der Waals surface area contributed by atoms with E-state index in [4.69, 9.17) is 11.6 Å². The highest BCUT2D eigenvalue weighted by molar-refractivity contribution is 7.13. The summed E-state index contributed by atoms with van der Waals surface area (Å²) in [6.45, 7) is 4.00. The van der Waals surface area contributed by atoms with Gasteiger partial charge < -0.3 is 10.6 Å². The van der Waals surface area contributed by atoms with Crippen LogP contribution in [0.15, 0.2) is 35.8 Å². The van der Waals surface area contributed by atoms with Crippen molar-refractivity contribution < 1.29 is 9.59 Å². The molecule has 0 spiro atoms. The molecular weight excluding hydrogens is 334 g/mol. The van der Waals surface area contributed by atoms with E-state index in [9.17, 15) is 9.59 Å². The van der Waals surface area contributed by atoms with Gasteiger partial charge in [-0.05, 0) is 36.6 Å². The van der Waals surface area contributed by atoms with Gasteiger partial charge in [-0.2, -0.15) is 0 Å². The van der Waals surface area contributed by atoms with E-state index >= 15 is 0 Å². The van der Waals surface area contributed by atoms with E-state index in [-0.39, 0.29) is 17.7 Å². The average molecular weight is 352 g/mol. The van der Waals surface area contributed by atoms with Gasteiger partial charge in [0.15, 0.2) is 5.13 Å². The second-order valence-electron chi connectivity index (χ2n) is 5.49. The maximum absolute atomic E-state index is 12.4. The zero-order valence-corrected chi connectivity index (χ0v) is 14.4. The molecule has 2 rings (SSSR count). The quantitative estimate of drug-likeness (QED) is 0.835. The molecule has 1 aromatic carbocycles. The highest BCUT2D eigenvalue weighted by atomic mass is 35.5. The lowest BCUT2D eigenvalue weighted by Gasteiger charge is -2.19. The van der Waals surface area contributed by atoms with Crippen LogP contribution in [0, 0.1) is 5.92 Å². The molecule has 2 N–H and O–H groups in total. The van der Waals surface area contributed by atoms with Crippen molar-refractivity contribution in [2.75, 3.05) is 5.32 Å². The van der Waals surface area contributed by atoms with Crippen LogP contribution >= 0.6 is 22.9 Å². The molecule has 0 aliphatic carbocycles. The molecule has 0 saturated heterocycles. The Bertz CT molecular complexity index is 656. The van der Waals surface area contributed by atoms with Gasteiger partial charge in [0.2, 0.25) is 5.91 Å². The van der Waals surface area contributed by atoms with Crippen molar-refractivity contribution in [2.45, 2.75) is 26.3 Å². The highest BCUT2D eigenvalue weighted by Crippen LogP contribution is 2.14. The summed E-state index contributed by atoms with van der Waals surface area (Å²) >= 11 is 7.15. The fourth-order valence-corrected chi connectivity index (χ4v) is 2.68. The normalized spacial score (nSPS) is 12.0. The van der Waals surface area contributed by atoms with Gasteiger partial charge in [0.1, 0.15) is 6.04 Å². The van der Waals surface area contributed by atoms with Gasteiger partial charge in [-0.1, -0.05) is 25.4 Å². The lowest BCUT2D eigenvalue weighted by atomic mass is 10.0. The Morgan fingerprint density at radius 1 is 1.26 bits per heavy atom. The maximum atomic E-state index is 12.4. The highest BCUT2D eigenvalue weighted by Gasteiger charge is 2.23. The number of anilines is 1. The lowest BCUT2D eigenvalue weighted by Crippen LogP contribution is -2.44. The average Bonchev–Trinajstić information content (AvgIpc) is 2.99. The first-order valence-electron chi connectivity index (χ1n) is 7.22. The molecule has 23 heavy (non-hydrogen) atoms. The van der Waals surface area contributed by atoms with E-state index in [1.807, 2.05) is 13.8 Å². The van der Waals surface area contributed by atoms with Crippen molar-refractivity contribution in [1.82, 2.24) is 10.3 Å².